The monoisotopic (exact) mass is 178 g/mol. The Morgan fingerprint density at radius 1 is 1.36 bits per heavy atom. The summed E-state index contributed by atoms with van der Waals surface area (Å²) in [7, 11) is 0. The van der Waals surface area contributed by atoms with Gasteiger partial charge in [-0.25, -0.2) is 0 Å². The van der Waals surface area contributed by atoms with Crippen LogP contribution in [0.25, 0.3) is 0 Å². The number of rotatable bonds is 1. The zero-order valence-corrected chi connectivity index (χ0v) is 8.21. The molecule has 0 aromatic heterocycles. The minimum absolute atomic E-state index is 0. The second kappa shape index (κ2) is 4.29. The van der Waals surface area contributed by atoms with Crippen molar-refractivity contribution in [1.82, 2.24) is 5.43 Å². The topological polar surface area (TPSA) is 38.0 Å². The van der Waals surface area contributed by atoms with E-state index in [0.29, 0.717) is 11.5 Å². The van der Waals surface area contributed by atoms with Gasteiger partial charge in [0, 0.05) is 6.04 Å². The van der Waals surface area contributed by atoms with Crippen LogP contribution in [0.4, 0.5) is 0 Å². The van der Waals surface area contributed by atoms with Crippen LogP contribution in [0.5, 0.6) is 0 Å². The van der Waals surface area contributed by atoms with E-state index in [2.05, 4.69) is 19.3 Å². The van der Waals surface area contributed by atoms with Crippen molar-refractivity contribution in [2.75, 3.05) is 0 Å². The van der Waals surface area contributed by atoms with E-state index in [0.717, 1.165) is 0 Å². The smallest absolute Gasteiger partial charge is 0.0261 e. The summed E-state index contributed by atoms with van der Waals surface area (Å²) in [6.45, 7) is 4.58. The fraction of sp³-hybridized carbons (Fsp3) is 1.00. The first-order valence-corrected chi connectivity index (χ1v) is 4.13. The van der Waals surface area contributed by atoms with Crippen molar-refractivity contribution in [3.8, 4) is 0 Å². The number of nitrogens with one attached hydrogen (secondary N) is 1. The molecule has 0 aromatic carbocycles. The fourth-order valence-electron chi connectivity index (χ4n) is 1.80. The number of halogens is 1. The third kappa shape index (κ3) is 2.62. The molecule has 0 radical (unpaired) electrons. The number of hydrogen-bond acceptors (Lipinski definition) is 2. The van der Waals surface area contributed by atoms with E-state index >= 15 is 0 Å². The van der Waals surface area contributed by atoms with Gasteiger partial charge in [0.15, 0.2) is 0 Å². The Morgan fingerprint density at radius 2 is 2.00 bits per heavy atom. The first kappa shape index (κ1) is 11.2. The van der Waals surface area contributed by atoms with E-state index in [1.165, 1.54) is 25.7 Å². The van der Waals surface area contributed by atoms with E-state index in [1.807, 2.05) is 0 Å². The van der Waals surface area contributed by atoms with Crippen molar-refractivity contribution in [3.05, 3.63) is 0 Å². The Morgan fingerprint density at radius 3 is 2.36 bits per heavy atom. The van der Waals surface area contributed by atoms with Gasteiger partial charge < -0.3 is 0 Å². The first-order valence-electron chi connectivity index (χ1n) is 4.13. The Balaban J connectivity index is 0.000001000. The minimum atomic E-state index is 0. The average Bonchev–Trinajstić information content (AvgIpc) is 1.87. The lowest BCUT2D eigenvalue weighted by atomic mass is 9.74. The van der Waals surface area contributed by atoms with Crippen molar-refractivity contribution >= 4 is 12.4 Å². The van der Waals surface area contributed by atoms with Crippen LogP contribution in [-0.2, 0) is 0 Å². The van der Waals surface area contributed by atoms with E-state index in [9.17, 15) is 0 Å². The largest absolute Gasteiger partial charge is 0.271 e. The molecule has 1 aliphatic carbocycles. The van der Waals surface area contributed by atoms with Gasteiger partial charge in [-0.05, 0) is 18.3 Å². The molecule has 0 aliphatic heterocycles. The minimum Gasteiger partial charge on any atom is -0.271 e. The molecule has 0 saturated heterocycles. The van der Waals surface area contributed by atoms with Crippen molar-refractivity contribution in [2.45, 2.75) is 45.6 Å². The van der Waals surface area contributed by atoms with Crippen LogP contribution in [0.2, 0.25) is 0 Å². The lowest BCUT2D eigenvalue weighted by Gasteiger charge is -2.37. The van der Waals surface area contributed by atoms with E-state index in [-0.39, 0.29) is 12.4 Å². The Hall–Kier alpha value is 0.210. The lowest BCUT2D eigenvalue weighted by Crippen LogP contribution is -2.47. The molecule has 1 saturated carbocycles. The lowest BCUT2D eigenvalue weighted by molar-refractivity contribution is 0.169. The summed E-state index contributed by atoms with van der Waals surface area (Å²) in [5, 5.41) is 0. The van der Waals surface area contributed by atoms with Gasteiger partial charge in [0.1, 0.15) is 0 Å². The quantitative estimate of drug-likeness (QED) is 0.475. The molecule has 1 aliphatic rings. The third-order valence-corrected chi connectivity index (χ3v) is 2.71. The summed E-state index contributed by atoms with van der Waals surface area (Å²) in [6.07, 6.45) is 5.24. The molecule has 0 bridgehead atoms. The summed E-state index contributed by atoms with van der Waals surface area (Å²) in [6, 6.07) is 0.529. The van der Waals surface area contributed by atoms with Crippen LogP contribution < -0.4 is 11.3 Å². The summed E-state index contributed by atoms with van der Waals surface area (Å²) >= 11 is 0. The molecule has 11 heavy (non-hydrogen) atoms. The maximum atomic E-state index is 5.43. The molecule has 1 unspecified atom stereocenters. The standard InChI is InChI=1S/C8H18N2.ClH/c1-8(2)6-4-3-5-7(8)10-9;/h7,10H,3-6,9H2,1-2H3;1H. The highest BCUT2D eigenvalue weighted by atomic mass is 35.5. The molecule has 0 aromatic rings. The molecule has 3 N–H and O–H groups in total. The van der Waals surface area contributed by atoms with Crippen LogP contribution in [0.3, 0.4) is 0 Å². The molecule has 1 atom stereocenters. The number of hydrogen-bond donors (Lipinski definition) is 2. The second-order valence-electron chi connectivity index (χ2n) is 3.95. The SMILES string of the molecule is CC1(C)CCCCC1NN.Cl. The molecule has 1 rings (SSSR count). The molecule has 0 heterocycles. The predicted molar refractivity (Wildman–Crippen MR) is 50.6 cm³/mol. The molecule has 0 spiro atoms. The highest BCUT2D eigenvalue weighted by Gasteiger charge is 2.30. The molecule has 1 fully saturated rings. The van der Waals surface area contributed by atoms with Crippen molar-refractivity contribution in [1.29, 1.82) is 0 Å². The summed E-state index contributed by atoms with van der Waals surface area (Å²) in [4.78, 5) is 0. The van der Waals surface area contributed by atoms with Gasteiger partial charge in [-0.15, -0.1) is 12.4 Å². The van der Waals surface area contributed by atoms with Crippen LogP contribution >= 0.6 is 12.4 Å². The normalized spacial score (nSPS) is 29.2. The molecular formula is C8H19ClN2. The molecule has 2 nitrogen and oxygen atoms in total. The number of nitrogens with two attached hydrogens (primary N) is 1. The zero-order chi connectivity index (χ0) is 7.61. The van der Waals surface area contributed by atoms with Gasteiger partial charge in [-0.2, -0.15) is 0 Å². The van der Waals surface area contributed by atoms with Gasteiger partial charge in [0.25, 0.3) is 0 Å². The fourth-order valence-corrected chi connectivity index (χ4v) is 1.80. The van der Waals surface area contributed by atoms with Gasteiger partial charge in [0.2, 0.25) is 0 Å². The average molecular weight is 179 g/mol. The van der Waals surface area contributed by atoms with Crippen molar-refractivity contribution in [3.63, 3.8) is 0 Å². The molecule has 3 heteroatoms. The Labute approximate surface area is 75.3 Å². The zero-order valence-electron chi connectivity index (χ0n) is 7.39. The maximum Gasteiger partial charge on any atom is 0.0261 e. The predicted octanol–water partition coefficient (Wildman–Crippen LogP) is 1.84. The highest BCUT2D eigenvalue weighted by molar-refractivity contribution is 5.85. The van der Waals surface area contributed by atoms with Gasteiger partial charge in [-0.1, -0.05) is 26.7 Å². The molecule has 68 valence electrons. The van der Waals surface area contributed by atoms with Crippen LogP contribution in [0, 0.1) is 5.41 Å². The molecular weight excluding hydrogens is 160 g/mol. The van der Waals surface area contributed by atoms with E-state index < -0.39 is 0 Å². The third-order valence-electron chi connectivity index (χ3n) is 2.71. The van der Waals surface area contributed by atoms with E-state index in [1.54, 1.807) is 0 Å². The van der Waals surface area contributed by atoms with Gasteiger partial charge in [0.05, 0.1) is 0 Å². The van der Waals surface area contributed by atoms with Crippen LogP contribution in [0.1, 0.15) is 39.5 Å². The molecule has 0 amide bonds. The van der Waals surface area contributed by atoms with Gasteiger partial charge >= 0.3 is 0 Å². The van der Waals surface area contributed by atoms with Crippen LogP contribution in [-0.4, -0.2) is 6.04 Å². The van der Waals surface area contributed by atoms with Crippen molar-refractivity contribution in [2.24, 2.45) is 11.3 Å². The number of hydrazine groups is 1. The maximum absolute atomic E-state index is 5.43. The summed E-state index contributed by atoms with van der Waals surface area (Å²) in [5.74, 6) is 5.43. The van der Waals surface area contributed by atoms with Crippen molar-refractivity contribution < 1.29 is 0 Å². The van der Waals surface area contributed by atoms with Gasteiger partial charge in [-0.3, -0.25) is 11.3 Å². The summed E-state index contributed by atoms with van der Waals surface area (Å²) < 4.78 is 0. The Kier molecular flexibility index (Phi) is 4.37. The first-order chi connectivity index (χ1) is 4.67. The highest BCUT2D eigenvalue weighted by Crippen LogP contribution is 2.34. The van der Waals surface area contributed by atoms with Crippen LogP contribution in [0.15, 0.2) is 0 Å². The Bertz CT molecular complexity index is 115. The second-order valence-corrected chi connectivity index (χ2v) is 3.95. The van der Waals surface area contributed by atoms with E-state index in [4.69, 9.17) is 5.84 Å². The summed E-state index contributed by atoms with van der Waals surface area (Å²) in [5.41, 5.74) is 3.30.